The van der Waals surface area contributed by atoms with Crippen molar-refractivity contribution in [3.63, 3.8) is 0 Å². The van der Waals surface area contributed by atoms with Crippen molar-refractivity contribution in [3.8, 4) is 11.1 Å². The topological polar surface area (TPSA) is 3.24 Å². The van der Waals surface area contributed by atoms with E-state index >= 15 is 0 Å². The summed E-state index contributed by atoms with van der Waals surface area (Å²) in [6, 6.07) is 33.2. The summed E-state index contributed by atoms with van der Waals surface area (Å²) < 4.78 is 0. The fourth-order valence-electron chi connectivity index (χ4n) is 7.94. The van der Waals surface area contributed by atoms with Gasteiger partial charge in [-0.25, -0.2) is 0 Å². The molecule has 222 valence electrons. The first kappa shape index (κ1) is 30.0. The quantitative estimate of drug-likeness (QED) is 0.195. The van der Waals surface area contributed by atoms with Gasteiger partial charge in [-0.1, -0.05) is 129 Å². The Hall–Kier alpha value is -4.04. The summed E-state index contributed by atoms with van der Waals surface area (Å²) in [5, 5.41) is 0. The highest BCUT2D eigenvalue weighted by atomic mass is 15.1. The van der Waals surface area contributed by atoms with E-state index in [1.807, 2.05) is 0 Å². The molecule has 2 heteroatoms. The minimum atomic E-state index is 0.148. The summed E-state index contributed by atoms with van der Waals surface area (Å²) in [4.78, 5) is 2.28. The van der Waals surface area contributed by atoms with Gasteiger partial charge in [-0.3, -0.25) is 0 Å². The summed E-state index contributed by atoms with van der Waals surface area (Å²) >= 11 is 0. The molecule has 0 N–H and O–H groups in total. The Morgan fingerprint density at radius 3 is 1.57 bits per heavy atom. The number of hydrogen-bond acceptors (Lipinski definition) is 1. The molecule has 0 aromatic heterocycles. The van der Waals surface area contributed by atoms with Gasteiger partial charge in [0, 0.05) is 19.8 Å². The van der Waals surface area contributed by atoms with E-state index in [0.717, 1.165) is 25.7 Å². The van der Waals surface area contributed by atoms with Crippen LogP contribution in [0.5, 0.6) is 0 Å². The van der Waals surface area contributed by atoms with E-state index < -0.39 is 0 Å². The standard InChI is InChI=1S/C42H46BN/c1-27-21-29(3)41(30(4)22-27)43(42-31(5)23-28(2)24-32(42)6)39-12-10-9-11-37(39)38-25-33-13-14-34-16-18-36(40(26-34)44(7)8)20-19-35(38)17-15-33/h9-12,15-18,21-26H,13-14,19-20H2,1-8H3. The van der Waals surface area contributed by atoms with E-state index in [1.54, 1.807) is 0 Å². The third-order valence-corrected chi connectivity index (χ3v) is 9.79. The van der Waals surface area contributed by atoms with Crippen LogP contribution >= 0.6 is 0 Å². The van der Waals surface area contributed by atoms with Crippen molar-refractivity contribution in [3.05, 3.63) is 141 Å². The Bertz CT molecular complexity index is 1760. The van der Waals surface area contributed by atoms with E-state index in [4.69, 9.17) is 0 Å². The van der Waals surface area contributed by atoms with E-state index in [1.165, 1.54) is 88.8 Å². The smallest absolute Gasteiger partial charge is 0.243 e. The van der Waals surface area contributed by atoms with Gasteiger partial charge in [0.1, 0.15) is 0 Å². The van der Waals surface area contributed by atoms with Crippen LogP contribution in [0.25, 0.3) is 11.1 Å². The van der Waals surface area contributed by atoms with E-state index in [-0.39, 0.29) is 6.71 Å². The Morgan fingerprint density at radius 2 is 1.00 bits per heavy atom. The summed E-state index contributed by atoms with van der Waals surface area (Å²) in [5.41, 5.74) is 22.3. The highest BCUT2D eigenvalue weighted by molar-refractivity contribution is 6.97. The van der Waals surface area contributed by atoms with Crippen molar-refractivity contribution in [2.75, 3.05) is 19.0 Å². The Kier molecular flexibility index (Phi) is 8.29. The molecule has 5 aromatic carbocycles. The number of aryl methyl sites for hydroxylation is 10. The lowest BCUT2D eigenvalue weighted by atomic mass is 9.33. The molecule has 5 aromatic rings. The van der Waals surface area contributed by atoms with E-state index in [2.05, 4.69) is 145 Å². The van der Waals surface area contributed by atoms with Crippen molar-refractivity contribution >= 4 is 28.8 Å². The molecule has 0 fully saturated rings. The lowest BCUT2D eigenvalue weighted by Gasteiger charge is -2.27. The van der Waals surface area contributed by atoms with Crippen molar-refractivity contribution in [1.82, 2.24) is 0 Å². The number of benzene rings is 5. The maximum absolute atomic E-state index is 2.51. The second-order valence-corrected chi connectivity index (χ2v) is 13.5. The van der Waals surface area contributed by atoms with Crippen LogP contribution in [0.1, 0.15) is 55.6 Å². The molecule has 0 unspecified atom stereocenters. The zero-order chi connectivity index (χ0) is 31.1. The number of hydrogen-bond donors (Lipinski definition) is 0. The third kappa shape index (κ3) is 5.75. The third-order valence-electron chi connectivity index (χ3n) is 9.79. The van der Waals surface area contributed by atoms with Crippen LogP contribution in [0.2, 0.25) is 0 Å². The summed E-state index contributed by atoms with van der Waals surface area (Å²) in [7, 11) is 4.35. The van der Waals surface area contributed by atoms with Gasteiger partial charge in [-0.2, -0.15) is 0 Å². The Morgan fingerprint density at radius 1 is 0.500 bits per heavy atom. The minimum absolute atomic E-state index is 0.148. The minimum Gasteiger partial charge on any atom is -0.377 e. The van der Waals surface area contributed by atoms with Crippen molar-refractivity contribution in [2.24, 2.45) is 0 Å². The molecule has 0 amide bonds. The van der Waals surface area contributed by atoms with Crippen molar-refractivity contribution in [2.45, 2.75) is 67.2 Å². The average Bonchev–Trinajstić information content (AvgIpc) is 2.96. The average molecular weight is 576 g/mol. The fourth-order valence-corrected chi connectivity index (χ4v) is 7.94. The predicted octanol–water partition coefficient (Wildman–Crippen LogP) is 7.67. The van der Waals surface area contributed by atoms with Gasteiger partial charge in [0.15, 0.2) is 0 Å². The maximum Gasteiger partial charge on any atom is 0.243 e. The molecule has 4 bridgehead atoms. The molecule has 0 saturated carbocycles. The SMILES string of the molecule is Cc1cc(C)c(B(c2ccccc2-c2cc3ccc2CCc2ccc(cc2N(C)C)CC3)c2c(C)cc(C)cc2C)c(C)c1. The van der Waals surface area contributed by atoms with Crippen LogP contribution in [-0.4, -0.2) is 20.8 Å². The molecule has 9 rings (SSSR count). The fraction of sp³-hybridized carbons (Fsp3) is 0.286. The van der Waals surface area contributed by atoms with Gasteiger partial charge in [0.2, 0.25) is 6.71 Å². The molecule has 0 radical (unpaired) electrons. The maximum atomic E-state index is 2.51. The van der Waals surface area contributed by atoms with Crippen LogP contribution in [-0.2, 0) is 25.7 Å². The van der Waals surface area contributed by atoms with Gasteiger partial charge in [-0.15, -0.1) is 0 Å². The van der Waals surface area contributed by atoms with Crippen LogP contribution in [0.3, 0.4) is 0 Å². The highest BCUT2D eigenvalue weighted by Gasteiger charge is 2.31. The Balaban J connectivity index is 1.58. The summed E-state index contributed by atoms with van der Waals surface area (Å²) in [6.45, 7) is 13.8. The van der Waals surface area contributed by atoms with Crippen LogP contribution in [0, 0.1) is 41.5 Å². The monoisotopic (exact) mass is 575 g/mol. The van der Waals surface area contributed by atoms with Crippen molar-refractivity contribution < 1.29 is 0 Å². The van der Waals surface area contributed by atoms with E-state index in [9.17, 15) is 0 Å². The normalized spacial score (nSPS) is 12.6. The van der Waals surface area contributed by atoms with Crippen LogP contribution in [0.4, 0.5) is 5.69 Å². The molecule has 0 saturated heterocycles. The summed E-state index contributed by atoms with van der Waals surface area (Å²) in [6.07, 6.45) is 4.13. The van der Waals surface area contributed by atoms with Crippen LogP contribution in [0.15, 0.2) is 84.9 Å². The first-order valence-corrected chi connectivity index (χ1v) is 16.3. The zero-order valence-corrected chi connectivity index (χ0v) is 27.9. The largest absolute Gasteiger partial charge is 0.377 e. The zero-order valence-electron chi connectivity index (χ0n) is 27.9. The molecule has 4 aliphatic rings. The lowest BCUT2D eigenvalue weighted by Crippen LogP contribution is -2.56. The summed E-state index contributed by atoms with van der Waals surface area (Å²) in [5.74, 6) is 0. The molecule has 44 heavy (non-hydrogen) atoms. The first-order valence-electron chi connectivity index (χ1n) is 16.3. The number of rotatable bonds is 5. The van der Waals surface area contributed by atoms with Crippen LogP contribution < -0.4 is 21.3 Å². The second kappa shape index (κ2) is 12.2. The number of nitrogens with zero attached hydrogens (tertiary/aromatic N) is 1. The number of anilines is 1. The highest BCUT2D eigenvalue weighted by Crippen LogP contribution is 2.30. The molecule has 4 aliphatic carbocycles. The molecule has 0 spiro atoms. The molecular weight excluding hydrogens is 529 g/mol. The first-order chi connectivity index (χ1) is 21.1. The molecule has 0 aliphatic heterocycles. The van der Waals surface area contributed by atoms with Gasteiger partial charge in [0.05, 0.1) is 0 Å². The lowest BCUT2D eigenvalue weighted by molar-refractivity contribution is 0.914. The Labute approximate surface area is 266 Å². The molecule has 0 heterocycles. The van der Waals surface area contributed by atoms with Crippen molar-refractivity contribution in [1.29, 1.82) is 0 Å². The van der Waals surface area contributed by atoms with Gasteiger partial charge in [-0.05, 0) is 107 Å². The van der Waals surface area contributed by atoms with Gasteiger partial charge < -0.3 is 4.90 Å². The van der Waals surface area contributed by atoms with Gasteiger partial charge in [0.25, 0.3) is 0 Å². The molecular formula is C42H46BN. The van der Waals surface area contributed by atoms with E-state index in [0.29, 0.717) is 0 Å². The molecule has 0 atom stereocenters. The molecule has 1 nitrogen and oxygen atoms in total. The van der Waals surface area contributed by atoms with Gasteiger partial charge >= 0.3 is 0 Å². The predicted molar refractivity (Wildman–Crippen MR) is 193 cm³/mol. The second-order valence-electron chi connectivity index (χ2n) is 13.5.